The van der Waals surface area contributed by atoms with E-state index < -0.39 is 129 Å². The highest BCUT2D eigenvalue weighted by Gasteiger charge is 2.61. The predicted octanol–water partition coefficient (Wildman–Crippen LogP) is -0.758. The summed E-state index contributed by atoms with van der Waals surface area (Å²) >= 11 is 0. The largest absolute Gasteiger partial charge is 0.394 e. The molecule has 0 aromatic heterocycles. The average Bonchev–Trinajstić information content (AvgIpc) is 3.88. The van der Waals surface area contributed by atoms with Crippen LogP contribution in [0.2, 0.25) is 0 Å². The zero-order valence-corrected chi connectivity index (χ0v) is 43.7. The van der Waals surface area contributed by atoms with E-state index in [0.29, 0.717) is 29.3 Å². The van der Waals surface area contributed by atoms with E-state index in [1.807, 2.05) is 0 Å². The lowest BCUT2D eigenvalue weighted by Crippen LogP contribution is -2.68. The van der Waals surface area contributed by atoms with Gasteiger partial charge in [-0.3, -0.25) is 0 Å². The Morgan fingerprint density at radius 2 is 1.22 bits per heavy atom. The first kappa shape index (κ1) is 57.4. The maximum absolute atomic E-state index is 11.6. The summed E-state index contributed by atoms with van der Waals surface area (Å²) in [6, 6.07) is -3.92. The zero-order chi connectivity index (χ0) is 52.0. The summed E-state index contributed by atoms with van der Waals surface area (Å²) in [6.07, 6.45) is -3.71. The molecular weight excluding hydrogens is 933 g/mol. The Hall–Kier alpha value is -0.800. The Labute approximate surface area is 427 Å². The summed E-state index contributed by atoms with van der Waals surface area (Å²) < 4.78 is 43.9. The van der Waals surface area contributed by atoms with Gasteiger partial charge in [0.05, 0.1) is 38.0 Å². The van der Waals surface area contributed by atoms with Crippen LogP contribution >= 0.6 is 0 Å². The van der Waals surface area contributed by atoms with Crippen LogP contribution < -0.4 is 34.0 Å². The van der Waals surface area contributed by atoms with Gasteiger partial charge < -0.3 is 103 Å². The lowest BCUT2D eigenvalue weighted by atomic mass is 9.44. The third-order valence-electron chi connectivity index (χ3n) is 20.0. The number of aliphatic hydroxyl groups is 7. The van der Waals surface area contributed by atoms with Crippen molar-refractivity contribution in [3.8, 4) is 0 Å². The van der Waals surface area contributed by atoms with Crippen molar-refractivity contribution in [2.24, 2.45) is 80.9 Å². The van der Waals surface area contributed by atoms with Crippen molar-refractivity contribution in [2.45, 2.75) is 240 Å². The molecule has 0 spiro atoms. The Kier molecular flexibility index (Phi) is 19.2. The van der Waals surface area contributed by atoms with Gasteiger partial charge in [0.25, 0.3) is 0 Å². The average molecular weight is 1030 g/mol. The molecular formula is C52H96N6O14. The Morgan fingerprint density at radius 3 is 1.89 bits per heavy atom. The van der Waals surface area contributed by atoms with Gasteiger partial charge in [0, 0.05) is 31.2 Å². The van der Waals surface area contributed by atoms with Crippen LogP contribution in [0.15, 0.2) is 0 Å². The Morgan fingerprint density at radius 1 is 0.611 bits per heavy atom. The number of rotatable bonds is 19. The molecule has 5 saturated carbocycles. The molecule has 8 aliphatic rings. The first-order valence-corrected chi connectivity index (χ1v) is 27.9. The van der Waals surface area contributed by atoms with Gasteiger partial charge in [0.2, 0.25) is 0 Å². The lowest BCUT2D eigenvalue weighted by molar-refractivity contribution is -0.312. The van der Waals surface area contributed by atoms with Crippen LogP contribution in [0.25, 0.3) is 0 Å². The quantitative estimate of drug-likeness (QED) is 0.0708. The van der Waals surface area contributed by atoms with Crippen LogP contribution in [-0.4, -0.2) is 191 Å². The molecule has 20 nitrogen and oxygen atoms in total. The van der Waals surface area contributed by atoms with Crippen molar-refractivity contribution in [2.75, 3.05) is 32.9 Å². The molecule has 418 valence electrons. The molecule has 0 unspecified atom stereocenters. The molecule has 72 heavy (non-hydrogen) atoms. The Balaban J connectivity index is 0.933. The second-order valence-electron chi connectivity index (χ2n) is 24.7. The van der Waals surface area contributed by atoms with E-state index in [1.54, 1.807) is 0 Å². The molecule has 3 aliphatic heterocycles. The normalized spacial score (nSPS) is 51.2. The van der Waals surface area contributed by atoms with Gasteiger partial charge in [-0.1, -0.05) is 53.9 Å². The van der Waals surface area contributed by atoms with E-state index >= 15 is 0 Å². The summed E-state index contributed by atoms with van der Waals surface area (Å²) in [4.78, 5) is 0. The first-order valence-electron chi connectivity index (χ1n) is 27.9. The first-order chi connectivity index (χ1) is 34.3. The van der Waals surface area contributed by atoms with Crippen molar-refractivity contribution in [1.29, 1.82) is 0 Å². The summed E-state index contributed by atoms with van der Waals surface area (Å²) in [5.74, 6) is 5.49. The van der Waals surface area contributed by atoms with Gasteiger partial charge in [-0.05, 0) is 116 Å². The third kappa shape index (κ3) is 11.4. The van der Waals surface area contributed by atoms with E-state index in [4.69, 9.17) is 61.8 Å². The summed E-state index contributed by atoms with van der Waals surface area (Å²) in [5, 5.41) is 78.6. The van der Waals surface area contributed by atoms with Crippen LogP contribution in [0.5, 0.6) is 0 Å². The summed E-state index contributed by atoms with van der Waals surface area (Å²) in [5.41, 5.74) is 32.3. The van der Waals surface area contributed by atoms with E-state index in [-0.39, 0.29) is 19.6 Å². The number of ether oxygens (including phenoxy) is 7. The predicted molar refractivity (Wildman–Crippen MR) is 265 cm³/mol. The van der Waals surface area contributed by atoms with Gasteiger partial charge in [-0.2, -0.15) is 0 Å². The van der Waals surface area contributed by atoms with Crippen molar-refractivity contribution in [3.05, 3.63) is 0 Å². The highest BCUT2D eigenvalue weighted by Crippen LogP contribution is 2.68. The summed E-state index contributed by atoms with van der Waals surface area (Å²) in [7, 11) is 0. The number of aliphatic hydroxyl groups excluding tert-OH is 7. The standard InChI is InChI=1S/C52H96N6O14/c1-24(2)7-6-8-25(3)29-11-12-30-28-10-9-26-19-27(13-15-51(26,4)31(28)14-16-52(29,30)5)58-17-18-66-47-45(71-48-37(56)42(64)40(62)34(21-53)67-48)36(23-60)69-50(47)72-46-39(61)32(54)20-33(55)44(46)70-49-38(57)43(65)41(63)35(22-59)68-49/h24-50,58-65H,6-23,53-57H2,1-5H3/t25-,26+,27+,28+,29-,30+,31+,32-,33+,34+,35-,36-,37-,38-,39+,40-,41-,42-,43-,44-,45-,46-,47-,48-,49-,50+,51+,52-/m1/s1. The number of hydrogen-bond acceptors (Lipinski definition) is 20. The smallest absolute Gasteiger partial charge is 0.187 e. The van der Waals surface area contributed by atoms with Crippen molar-refractivity contribution in [1.82, 2.24) is 5.32 Å². The van der Waals surface area contributed by atoms with Gasteiger partial charge in [-0.25, -0.2) is 0 Å². The molecule has 20 heteroatoms. The molecule has 0 aromatic rings. The fraction of sp³-hybridized carbons (Fsp3) is 1.00. The van der Waals surface area contributed by atoms with Crippen molar-refractivity contribution < 1.29 is 68.9 Å². The van der Waals surface area contributed by atoms with E-state index in [1.165, 1.54) is 64.2 Å². The fourth-order valence-electron chi connectivity index (χ4n) is 15.8. The van der Waals surface area contributed by atoms with E-state index in [0.717, 1.165) is 48.3 Å². The molecule has 8 fully saturated rings. The van der Waals surface area contributed by atoms with Gasteiger partial charge in [-0.15, -0.1) is 0 Å². The molecule has 18 N–H and O–H groups in total. The monoisotopic (exact) mass is 1030 g/mol. The van der Waals surface area contributed by atoms with Gasteiger partial charge in [0.1, 0.15) is 67.1 Å². The topological polar surface area (TPSA) is 348 Å². The van der Waals surface area contributed by atoms with Crippen LogP contribution in [0.4, 0.5) is 0 Å². The van der Waals surface area contributed by atoms with E-state index in [2.05, 4.69) is 39.9 Å². The second kappa shape index (κ2) is 24.1. The molecule has 3 saturated heterocycles. The van der Waals surface area contributed by atoms with Crippen LogP contribution in [0, 0.1) is 52.3 Å². The molecule has 0 bridgehead atoms. The maximum atomic E-state index is 11.6. The van der Waals surface area contributed by atoms with Crippen LogP contribution in [0.1, 0.15) is 118 Å². The van der Waals surface area contributed by atoms with E-state index in [9.17, 15) is 35.7 Å². The van der Waals surface area contributed by atoms with Crippen LogP contribution in [0.3, 0.4) is 0 Å². The van der Waals surface area contributed by atoms with Crippen LogP contribution in [-0.2, 0) is 33.2 Å². The fourth-order valence-corrected chi connectivity index (χ4v) is 15.8. The molecule has 0 amide bonds. The highest BCUT2D eigenvalue weighted by atomic mass is 16.8. The maximum Gasteiger partial charge on any atom is 0.187 e. The Bertz CT molecular complexity index is 1710. The molecule has 28 atom stereocenters. The summed E-state index contributed by atoms with van der Waals surface area (Å²) in [6.45, 7) is 11.8. The molecule has 8 rings (SSSR count). The number of hydrogen-bond donors (Lipinski definition) is 13. The molecule has 0 radical (unpaired) electrons. The number of fused-ring (bicyclic) bond motifs is 5. The number of nitrogens with two attached hydrogens (primary N) is 5. The molecule has 3 heterocycles. The highest BCUT2D eigenvalue weighted by molar-refractivity contribution is 5.10. The zero-order valence-electron chi connectivity index (χ0n) is 43.7. The SMILES string of the molecule is CC(C)CCC[C@@H](C)[C@H]1CC[C@H]2[C@@H]3CC[C@H]4C[C@@H](NCCO[C@H]5[C@H](O[C@@H]6[C@@H](O)[C@H](N)C[C@H](N)[C@H]6O[C@H]6O[C@H](CO)[C@@H](O)[C@H](O)[C@H]6N)O[C@H](CO)[C@H]5O[C@H]5O[C@@H](CN)[C@@H](O)[C@H](O)[C@H]5N)CC[C@]4(C)[C@H]3CC[C@]12C. The van der Waals surface area contributed by atoms with Crippen molar-refractivity contribution >= 4 is 0 Å². The van der Waals surface area contributed by atoms with Gasteiger partial charge in [0.15, 0.2) is 18.9 Å². The minimum atomic E-state index is -1.52. The van der Waals surface area contributed by atoms with Gasteiger partial charge >= 0.3 is 0 Å². The minimum absolute atomic E-state index is 0.0959. The molecule has 5 aliphatic carbocycles. The minimum Gasteiger partial charge on any atom is -0.394 e. The van der Waals surface area contributed by atoms with Crippen molar-refractivity contribution in [3.63, 3.8) is 0 Å². The second-order valence-corrected chi connectivity index (χ2v) is 24.7. The molecule has 0 aromatic carbocycles. The third-order valence-corrected chi connectivity index (χ3v) is 20.0. The lowest BCUT2D eigenvalue weighted by Gasteiger charge is -2.61. The number of nitrogens with one attached hydrogen (secondary N) is 1.